The average Bonchev–Trinajstić information content (AvgIpc) is 2.69. The highest BCUT2D eigenvalue weighted by Crippen LogP contribution is 2.08. The number of amides is 1. The van der Waals surface area contributed by atoms with Crippen molar-refractivity contribution in [1.29, 1.82) is 0 Å². The third-order valence-corrected chi connectivity index (χ3v) is 2.46. The summed E-state index contributed by atoms with van der Waals surface area (Å²) in [6.45, 7) is 1.13. The first kappa shape index (κ1) is 11.9. The number of aliphatic hydroxyl groups excluding tert-OH is 1. The molecule has 0 radical (unpaired) electrons. The fourth-order valence-corrected chi connectivity index (χ4v) is 1.55. The van der Waals surface area contributed by atoms with Crippen LogP contribution in [0.2, 0.25) is 0 Å². The molecule has 0 aromatic rings. The SMILES string of the molecule is O=C(NC(CCO)C(=O)O)C1CCNC1. The van der Waals surface area contributed by atoms with E-state index in [0.717, 1.165) is 13.0 Å². The summed E-state index contributed by atoms with van der Waals surface area (Å²) in [4.78, 5) is 22.2. The summed E-state index contributed by atoms with van der Waals surface area (Å²) in [6, 6.07) is -0.983. The lowest BCUT2D eigenvalue weighted by Crippen LogP contribution is -2.44. The third-order valence-electron chi connectivity index (χ3n) is 2.46. The van der Waals surface area contributed by atoms with Crippen LogP contribution in [0.4, 0.5) is 0 Å². The molecule has 6 nitrogen and oxygen atoms in total. The second kappa shape index (κ2) is 5.67. The Kier molecular flexibility index (Phi) is 4.51. The Morgan fingerprint density at radius 2 is 2.27 bits per heavy atom. The number of carboxylic acids is 1. The van der Waals surface area contributed by atoms with Crippen molar-refractivity contribution >= 4 is 11.9 Å². The van der Waals surface area contributed by atoms with Gasteiger partial charge in [-0.25, -0.2) is 4.79 Å². The lowest BCUT2D eigenvalue weighted by atomic mass is 10.1. The van der Waals surface area contributed by atoms with E-state index in [1.165, 1.54) is 0 Å². The van der Waals surface area contributed by atoms with Gasteiger partial charge in [0, 0.05) is 19.6 Å². The van der Waals surface area contributed by atoms with Gasteiger partial charge < -0.3 is 20.8 Å². The number of aliphatic carboxylic acids is 1. The second-order valence-corrected chi connectivity index (χ2v) is 3.60. The largest absolute Gasteiger partial charge is 0.480 e. The summed E-state index contributed by atoms with van der Waals surface area (Å²) < 4.78 is 0. The van der Waals surface area contributed by atoms with Gasteiger partial charge in [0.25, 0.3) is 0 Å². The highest BCUT2D eigenvalue weighted by atomic mass is 16.4. The standard InChI is InChI=1S/C9H16N2O4/c12-4-2-7(9(14)15)11-8(13)6-1-3-10-5-6/h6-7,10,12H,1-5H2,(H,11,13)(H,14,15). The van der Waals surface area contributed by atoms with Crippen LogP contribution < -0.4 is 10.6 Å². The zero-order valence-corrected chi connectivity index (χ0v) is 8.40. The van der Waals surface area contributed by atoms with E-state index in [2.05, 4.69) is 10.6 Å². The van der Waals surface area contributed by atoms with Crippen molar-refractivity contribution < 1.29 is 19.8 Å². The van der Waals surface area contributed by atoms with Crippen LogP contribution in [0.3, 0.4) is 0 Å². The Labute approximate surface area is 87.7 Å². The van der Waals surface area contributed by atoms with E-state index < -0.39 is 12.0 Å². The Morgan fingerprint density at radius 1 is 1.53 bits per heavy atom. The van der Waals surface area contributed by atoms with E-state index in [0.29, 0.717) is 6.54 Å². The number of rotatable bonds is 5. The highest BCUT2D eigenvalue weighted by Gasteiger charge is 2.26. The number of carbonyl (C=O) groups is 2. The van der Waals surface area contributed by atoms with Gasteiger partial charge in [0.05, 0.1) is 5.92 Å². The average molecular weight is 216 g/mol. The molecule has 15 heavy (non-hydrogen) atoms. The van der Waals surface area contributed by atoms with E-state index in [-0.39, 0.29) is 24.9 Å². The molecule has 86 valence electrons. The highest BCUT2D eigenvalue weighted by molar-refractivity contribution is 5.85. The predicted molar refractivity (Wildman–Crippen MR) is 52.2 cm³/mol. The fourth-order valence-electron chi connectivity index (χ4n) is 1.55. The molecule has 1 heterocycles. The monoisotopic (exact) mass is 216 g/mol. The van der Waals surface area contributed by atoms with Crippen LogP contribution in [-0.2, 0) is 9.59 Å². The van der Waals surface area contributed by atoms with Crippen LogP contribution in [0.25, 0.3) is 0 Å². The molecule has 1 saturated heterocycles. The van der Waals surface area contributed by atoms with Crippen molar-refractivity contribution in [2.24, 2.45) is 5.92 Å². The number of carbonyl (C=O) groups excluding carboxylic acids is 1. The van der Waals surface area contributed by atoms with Gasteiger partial charge >= 0.3 is 5.97 Å². The van der Waals surface area contributed by atoms with Gasteiger partial charge in [-0.1, -0.05) is 0 Å². The van der Waals surface area contributed by atoms with Gasteiger partial charge in [-0.15, -0.1) is 0 Å². The molecule has 2 unspecified atom stereocenters. The van der Waals surface area contributed by atoms with Crippen LogP contribution in [0.1, 0.15) is 12.8 Å². The number of hydrogen-bond acceptors (Lipinski definition) is 4. The second-order valence-electron chi connectivity index (χ2n) is 3.60. The van der Waals surface area contributed by atoms with Gasteiger partial charge in [0.1, 0.15) is 6.04 Å². The molecule has 4 N–H and O–H groups in total. The molecular weight excluding hydrogens is 200 g/mol. The number of aliphatic hydroxyl groups is 1. The quantitative estimate of drug-likeness (QED) is 0.450. The molecule has 1 rings (SSSR count). The van der Waals surface area contributed by atoms with Gasteiger partial charge in [-0.2, -0.15) is 0 Å². The molecule has 1 aliphatic rings. The topological polar surface area (TPSA) is 98.7 Å². The van der Waals surface area contributed by atoms with Crippen LogP contribution >= 0.6 is 0 Å². The van der Waals surface area contributed by atoms with E-state index >= 15 is 0 Å². The molecule has 0 aromatic heterocycles. The Hall–Kier alpha value is -1.14. The van der Waals surface area contributed by atoms with Crippen molar-refractivity contribution in [2.75, 3.05) is 19.7 Å². The molecule has 6 heteroatoms. The van der Waals surface area contributed by atoms with E-state index in [1.54, 1.807) is 0 Å². The van der Waals surface area contributed by atoms with Crippen LogP contribution in [0, 0.1) is 5.92 Å². The molecule has 0 saturated carbocycles. The summed E-state index contributed by atoms with van der Waals surface area (Å²) in [7, 11) is 0. The maximum atomic E-state index is 11.5. The zero-order chi connectivity index (χ0) is 11.3. The van der Waals surface area contributed by atoms with Crippen molar-refractivity contribution in [2.45, 2.75) is 18.9 Å². The number of nitrogens with one attached hydrogen (secondary N) is 2. The van der Waals surface area contributed by atoms with Crippen LogP contribution in [0.15, 0.2) is 0 Å². The summed E-state index contributed by atoms with van der Waals surface area (Å²) in [5.41, 5.74) is 0. The third kappa shape index (κ3) is 3.49. The molecule has 1 aliphatic heterocycles. The van der Waals surface area contributed by atoms with E-state index in [1.807, 2.05) is 0 Å². The summed E-state index contributed by atoms with van der Waals surface area (Å²) in [5, 5.41) is 22.8. The van der Waals surface area contributed by atoms with Crippen molar-refractivity contribution in [3.63, 3.8) is 0 Å². The fraction of sp³-hybridized carbons (Fsp3) is 0.778. The van der Waals surface area contributed by atoms with Gasteiger partial charge in [-0.05, 0) is 13.0 Å². The minimum atomic E-state index is -1.11. The normalized spacial score (nSPS) is 22.3. The lowest BCUT2D eigenvalue weighted by molar-refractivity contribution is -0.142. The molecule has 2 atom stereocenters. The smallest absolute Gasteiger partial charge is 0.326 e. The minimum Gasteiger partial charge on any atom is -0.480 e. The van der Waals surface area contributed by atoms with Crippen LogP contribution in [0.5, 0.6) is 0 Å². The molecule has 0 aromatic carbocycles. The summed E-state index contributed by atoms with van der Waals surface area (Å²) in [5.74, 6) is -1.50. The Morgan fingerprint density at radius 3 is 2.73 bits per heavy atom. The van der Waals surface area contributed by atoms with Crippen molar-refractivity contribution in [3.8, 4) is 0 Å². The van der Waals surface area contributed by atoms with Crippen LogP contribution in [-0.4, -0.2) is 47.8 Å². The summed E-state index contributed by atoms with van der Waals surface area (Å²) >= 11 is 0. The minimum absolute atomic E-state index is 0.0429. The van der Waals surface area contributed by atoms with E-state index in [9.17, 15) is 9.59 Å². The number of hydrogen-bond donors (Lipinski definition) is 4. The van der Waals surface area contributed by atoms with Crippen molar-refractivity contribution in [1.82, 2.24) is 10.6 Å². The number of carboxylic acid groups (broad SMARTS) is 1. The molecule has 0 spiro atoms. The first-order valence-corrected chi connectivity index (χ1v) is 5.00. The van der Waals surface area contributed by atoms with Gasteiger partial charge in [0.15, 0.2) is 0 Å². The molecule has 0 aliphatic carbocycles. The lowest BCUT2D eigenvalue weighted by Gasteiger charge is -2.15. The maximum absolute atomic E-state index is 11.5. The first-order valence-electron chi connectivity index (χ1n) is 5.00. The molecular formula is C9H16N2O4. The maximum Gasteiger partial charge on any atom is 0.326 e. The summed E-state index contributed by atoms with van der Waals surface area (Å²) in [6.07, 6.45) is 0.776. The van der Waals surface area contributed by atoms with E-state index in [4.69, 9.17) is 10.2 Å². The predicted octanol–water partition coefficient (Wildman–Crippen LogP) is -1.45. The molecule has 1 amide bonds. The van der Waals surface area contributed by atoms with Gasteiger partial charge in [0.2, 0.25) is 5.91 Å². The van der Waals surface area contributed by atoms with Gasteiger partial charge in [-0.3, -0.25) is 4.79 Å². The Balaban J connectivity index is 2.42. The first-order chi connectivity index (χ1) is 7.15. The van der Waals surface area contributed by atoms with Crippen molar-refractivity contribution in [3.05, 3.63) is 0 Å². The Bertz CT molecular complexity index is 238. The molecule has 1 fully saturated rings. The molecule has 0 bridgehead atoms. The zero-order valence-electron chi connectivity index (χ0n) is 8.40.